The van der Waals surface area contributed by atoms with Crippen LogP contribution in [0.5, 0.6) is 5.75 Å². The monoisotopic (exact) mass is 221 g/mol. The average molecular weight is 221 g/mol. The molecule has 0 atom stereocenters. The summed E-state index contributed by atoms with van der Waals surface area (Å²) in [7, 11) is 0. The fraction of sp³-hybridized carbons (Fsp3) is 0.571. The molecule has 0 heterocycles. The Morgan fingerprint density at radius 1 is 1.19 bits per heavy atom. The predicted octanol–water partition coefficient (Wildman–Crippen LogP) is 3.15. The van der Waals surface area contributed by atoms with Crippen LogP contribution in [0.15, 0.2) is 24.3 Å². The largest absolute Gasteiger partial charge is 0.494 e. The van der Waals surface area contributed by atoms with E-state index in [1.807, 2.05) is 19.1 Å². The Morgan fingerprint density at radius 2 is 1.88 bits per heavy atom. The van der Waals surface area contributed by atoms with Crippen molar-refractivity contribution in [3.8, 4) is 5.75 Å². The molecule has 1 aromatic rings. The maximum atomic E-state index is 6.31. The summed E-state index contributed by atoms with van der Waals surface area (Å²) in [5.74, 6) is 0.939. The molecule has 0 aromatic heterocycles. The van der Waals surface area contributed by atoms with E-state index in [9.17, 15) is 0 Å². The van der Waals surface area contributed by atoms with Gasteiger partial charge in [0.05, 0.1) is 6.61 Å². The molecule has 0 radical (unpaired) electrons. The fourth-order valence-electron chi connectivity index (χ4n) is 1.82. The van der Waals surface area contributed by atoms with Gasteiger partial charge in [0.1, 0.15) is 5.75 Å². The molecular formula is C14H23NO. The van der Waals surface area contributed by atoms with E-state index in [2.05, 4.69) is 26.0 Å². The van der Waals surface area contributed by atoms with Crippen molar-refractivity contribution in [3.63, 3.8) is 0 Å². The molecule has 0 aliphatic heterocycles. The highest BCUT2D eigenvalue weighted by Gasteiger charge is 2.20. The molecule has 2 nitrogen and oxygen atoms in total. The molecule has 0 fully saturated rings. The van der Waals surface area contributed by atoms with Gasteiger partial charge in [-0.1, -0.05) is 26.0 Å². The summed E-state index contributed by atoms with van der Waals surface area (Å²) >= 11 is 0. The number of rotatable bonds is 6. The molecule has 1 aromatic carbocycles. The van der Waals surface area contributed by atoms with E-state index >= 15 is 0 Å². The highest BCUT2D eigenvalue weighted by molar-refractivity contribution is 5.29. The Labute approximate surface area is 98.8 Å². The second-order valence-corrected chi connectivity index (χ2v) is 4.33. The molecule has 0 saturated heterocycles. The third kappa shape index (κ3) is 3.53. The van der Waals surface area contributed by atoms with Crippen LogP contribution in [0.2, 0.25) is 0 Å². The van der Waals surface area contributed by atoms with Crippen LogP contribution in [0.25, 0.3) is 0 Å². The van der Waals surface area contributed by atoms with Crippen LogP contribution >= 0.6 is 0 Å². The standard InChI is InChI=1S/C14H23NO/c1-4-14(15,5-2)11-12-8-7-9-13(10-12)16-6-3/h7-10H,4-6,11,15H2,1-3H3. The van der Waals surface area contributed by atoms with Crippen LogP contribution in [0.3, 0.4) is 0 Å². The van der Waals surface area contributed by atoms with E-state index in [1.165, 1.54) is 5.56 Å². The van der Waals surface area contributed by atoms with Gasteiger partial charge in [0.2, 0.25) is 0 Å². The van der Waals surface area contributed by atoms with Crippen molar-refractivity contribution in [3.05, 3.63) is 29.8 Å². The Hall–Kier alpha value is -1.02. The van der Waals surface area contributed by atoms with E-state index in [0.717, 1.165) is 25.0 Å². The summed E-state index contributed by atoms with van der Waals surface area (Å²) in [4.78, 5) is 0. The second-order valence-electron chi connectivity index (χ2n) is 4.33. The summed E-state index contributed by atoms with van der Waals surface area (Å²) in [6, 6.07) is 8.24. The van der Waals surface area contributed by atoms with Crippen LogP contribution in [-0.4, -0.2) is 12.1 Å². The maximum absolute atomic E-state index is 6.31. The minimum Gasteiger partial charge on any atom is -0.494 e. The highest BCUT2D eigenvalue weighted by atomic mass is 16.5. The molecule has 16 heavy (non-hydrogen) atoms. The Kier molecular flexibility index (Phi) is 4.81. The number of nitrogens with two attached hydrogens (primary N) is 1. The number of benzene rings is 1. The number of ether oxygens (including phenoxy) is 1. The fourth-order valence-corrected chi connectivity index (χ4v) is 1.82. The third-order valence-electron chi connectivity index (χ3n) is 3.17. The number of hydrogen-bond acceptors (Lipinski definition) is 2. The predicted molar refractivity (Wildman–Crippen MR) is 68.8 cm³/mol. The minimum atomic E-state index is -0.0785. The molecule has 0 aliphatic rings. The molecule has 0 unspecified atom stereocenters. The lowest BCUT2D eigenvalue weighted by Gasteiger charge is -2.26. The summed E-state index contributed by atoms with van der Waals surface area (Å²) in [6.07, 6.45) is 2.92. The molecule has 0 amide bonds. The van der Waals surface area contributed by atoms with Gasteiger partial charge >= 0.3 is 0 Å². The van der Waals surface area contributed by atoms with Gasteiger partial charge in [-0.3, -0.25) is 0 Å². The normalized spacial score (nSPS) is 11.5. The molecule has 0 saturated carbocycles. The summed E-state index contributed by atoms with van der Waals surface area (Å²) in [5.41, 5.74) is 7.49. The average Bonchev–Trinajstić information content (AvgIpc) is 2.30. The molecule has 0 bridgehead atoms. The van der Waals surface area contributed by atoms with Gasteiger partial charge in [-0.2, -0.15) is 0 Å². The van der Waals surface area contributed by atoms with Gasteiger partial charge in [0.15, 0.2) is 0 Å². The smallest absolute Gasteiger partial charge is 0.119 e. The highest BCUT2D eigenvalue weighted by Crippen LogP contribution is 2.21. The lowest BCUT2D eigenvalue weighted by Crippen LogP contribution is -2.40. The summed E-state index contributed by atoms with van der Waals surface area (Å²) < 4.78 is 5.49. The van der Waals surface area contributed by atoms with Gasteiger partial charge in [0, 0.05) is 5.54 Å². The SMILES string of the molecule is CCOc1cccc(CC(N)(CC)CC)c1. The molecule has 1 rings (SSSR count). The first-order chi connectivity index (χ1) is 7.63. The van der Waals surface area contributed by atoms with Crippen LogP contribution in [-0.2, 0) is 6.42 Å². The van der Waals surface area contributed by atoms with Gasteiger partial charge in [0.25, 0.3) is 0 Å². The molecule has 0 aliphatic carbocycles. The summed E-state index contributed by atoms with van der Waals surface area (Å²) in [5, 5.41) is 0. The van der Waals surface area contributed by atoms with Gasteiger partial charge < -0.3 is 10.5 Å². The zero-order chi connectivity index (χ0) is 12.0. The Balaban J connectivity index is 2.76. The zero-order valence-electron chi connectivity index (χ0n) is 10.6. The van der Waals surface area contributed by atoms with Gasteiger partial charge in [-0.15, -0.1) is 0 Å². The van der Waals surface area contributed by atoms with Crippen molar-refractivity contribution >= 4 is 0 Å². The van der Waals surface area contributed by atoms with Crippen molar-refractivity contribution in [2.45, 2.75) is 45.6 Å². The van der Waals surface area contributed by atoms with E-state index < -0.39 is 0 Å². The van der Waals surface area contributed by atoms with Crippen LogP contribution in [0, 0.1) is 0 Å². The van der Waals surface area contributed by atoms with Crippen molar-refractivity contribution in [1.29, 1.82) is 0 Å². The van der Waals surface area contributed by atoms with Crippen molar-refractivity contribution in [2.24, 2.45) is 5.73 Å². The van der Waals surface area contributed by atoms with E-state index in [-0.39, 0.29) is 5.54 Å². The third-order valence-corrected chi connectivity index (χ3v) is 3.17. The van der Waals surface area contributed by atoms with Gasteiger partial charge in [-0.05, 0) is 43.9 Å². The zero-order valence-corrected chi connectivity index (χ0v) is 10.6. The lowest BCUT2D eigenvalue weighted by molar-refractivity contribution is 0.339. The molecule has 2 N–H and O–H groups in total. The topological polar surface area (TPSA) is 35.2 Å². The van der Waals surface area contributed by atoms with E-state index in [1.54, 1.807) is 0 Å². The molecular weight excluding hydrogens is 198 g/mol. The Bertz CT molecular complexity index is 318. The molecule has 0 spiro atoms. The maximum Gasteiger partial charge on any atom is 0.119 e. The van der Waals surface area contributed by atoms with Crippen LogP contribution in [0.4, 0.5) is 0 Å². The summed E-state index contributed by atoms with van der Waals surface area (Å²) in [6.45, 7) is 7.00. The first-order valence-corrected chi connectivity index (χ1v) is 6.14. The van der Waals surface area contributed by atoms with Crippen LogP contribution in [0.1, 0.15) is 39.2 Å². The van der Waals surface area contributed by atoms with Crippen molar-refractivity contribution < 1.29 is 4.74 Å². The second kappa shape index (κ2) is 5.90. The van der Waals surface area contributed by atoms with E-state index in [4.69, 9.17) is 10.5 Å². The first-order valence-electron chi connectivity index (χ1n) is 6.14. The van der Waals surface area contributed by atoms with Crippen LogP contribution < -0.4 is 10.5 Å². The Morgan fingerprint density at radius 3 is 2.44 bits per heavy atom. The quantitative estimate of drug-likeness (QED) is 0.801. The minimum absolute atomic E-state index is 0.0785. The van der Waals surface area contributed by atoms with Crippen molar-refractivity contribution in [1.82, 2.24) is 0 Å². The number of hydrogen-bond donors (Lipinski definition) is 1. The van der Waals surface area contributed by atoms with Gasteiger partial charge in [-0.25, -0.2) is 0 Å². The molecule has 90 valence electrons. The first kappa shape index (κ1) is 13.0. The molecule has 2 heteroatoms. The van der Waals surface area contributed by atoms with Crippen molar-refractivity contribution in [2.75, 3.05) is 6.61 Å². The van der Waals surface area contributed by atoms with E-state index in [0.29, 0.717) is 6.61 Å². The lowest BCUT2D eigenvalue weighted by atomic mass is 9.87.